The second-order valence-electron chi connectivity index (χ2n) is 6.14. The third kappa shape index (κ3) is 5.78. The highest BCUT2D eigenvalue weighted by Gasteiger charge is 2.15. The molecule has 0 radical (unpaired) electrons. The molecule has 0 aromatic heterocycles. The Morgan fingerprint density at radius 3 is 2.91 bits per heavy atom. The first-order valence-corrected chi connectivity index (χ1v) is 8.19. The Bertz CT molecular complexity index is 533. The Morgan fingerprint density at radius 1 is 1.35 bits per heavy atom. The highest BCUT2D eigenvalue weighted by molar-refractivity contribution is 5.79. The molecule has 1 aromatic rings. The van der Waals surface area contributed by atoms with Crippen molar-refractivity contribution in [3.8, 4) is 0 Å². The van der Waals surface area contributed by atoms with Crippen molar-refractivity contribution < 1.29 is 8.78 Å². The van der Waals surface area contributed by atoms with Crippen LogP contribution in [0.2, 0.25) is 0 Å². The molecule has 128 valence electrons. The SMILES string of the molecule is CN=C(NCCN1CCCC(C)C1)NCc1cc(F)ccc1F. The van der Waals surface area contributed by atoms with E-state index in [4.69, 9.17) is 0 Å². The average Bonchev–Trinajstić information content (AvgIpc) is 2.53. The number of halogens is 2. The largest absolute Gasteiger partial charge is 0.355 e. The summed E-state index contributed by atoms with van der Waals surface area (Å²) in [7, 11) is 1.67. The molecule has 1 aromatic carbocycles. The number of hydrogen-bond acceptors (Lipinski definition) is 2. The third-order valence-corrected chi connectivity index (χ3v) is 4.14. The molecule has 1 aliphatic heterocycles. The Labute approximate surface area is 137 Å². The van der Waals surface area contributed by atoms with Crippen LogP contribution in [0.5, 0.6) is 0 Å². The fourth-order valence-corrected chi connectivity index (χ4v) is 2.90. The summed E-state index contributed by atoms with van der Waals surface area (Å²) in [6.45, 7) is 6.50. The number of hydrogen-bond donors (Lipinski definition) is 2. The second-order valence-corrected chi connectivity index (χ2v) is 6.14. The van der Waals surface area contributed by atoms with Gasteiger partial charge in [0.15, 0.2) is 5.96 Å². The standard InChI is InChI=1S/C17H26F2N4/c1-13-4-3-8-23(12-13)9-7-21-17(20-2)22-11-14-10-15(18)5-6-16(14)19/h5-6,10,13H,3-4,7-9,11-12H2,1-2H3,(H2,20,21,22). The molecule has 0 bridgehead atoms. The Morgan fingerprint density at radius 2 is 2.17 bits per heavy atom. The lowest BCUT2D eigenvalue weighted by Gasteiger charge is -2.30. The maximum atomic E-state index is 13.6. The summed E-state index contributed by atoms with van der Waals surface area (Å²) < 4.78 is 26.7. The minimum atomic E-state index is -0.439. The normalized spacial score (nSPS) is 19.7. The first-order valence-electron chi connectivity index (χ1n) is 8.19. The van der Waals surface area contributed by atoms with E-state index in [2.05, 4.69) is 27.4 Å². The van der Waals surface area contributed by atoms with Crippen LogP contribution in [0.1, 0.15) is 25.3 Å². The third-order valence-electron chi connectivity index (χ3n) is 4.14. The van der Waals surface area contributed by atoms with Crippen molar-refractivity contribution in [2.75, 3.05) is 33.2 Å². The molecule has 0 amide bonds. The predicted molar refractivity (Wildman–Crippen MR) is 89.4 cm³/mol. The Hall–Kier alpha value is -1.69. The van der Waals surface area contributed by atoms with Crippen LogP contribution >= 0.6 is 0 Å². The van der Waals surface area contributed by atoms with Crippen LogP contribution in [0, 0.1) is 17.6 Å². The van der Waals surface area contributed by atoms with Crippen LogP contribution in [0.25, 0.3) is 0 Å². The van der Waals surface area contributed by atoms with E-state index in [-0.39, 0.29) is 12.1 Å². The van der Waals surface area contributed by atoms with E-state index in [1.54, 1.807) is 7.05 Å². The smallest absolute Gasteiger partial charge is 0.191 e. The van der Waals surface area contributed by atoms with Crippen molar-refractivity contribution in [2.45, 2.75) is 26.3 Å². The molecule has 1 atom stereocenters. The summed E-state index contributed by atoms with van der Waals surface area (Å²) in [5, 5.41) is 6.23. The quantitative estimate of drug-likeness (QED) is 0.645. The molecule has 1 saturated heterocycles. The maximum absolute atomic E-state index is 13.6. The van der Waals surface area contributed by atoms with Crippen molar-refractivity contribution in [1.29, 1.82) is 0 Å². The first kappa shape index (κ1) is 17.7. The van der Waals surface area contributed by atoms with Gasteiger partial charge in [-0.15, -0.1) is 0 Å². The average molecular weight is 324 g/mol. The van der Waals surface area contributed by atoms with E-state index in [0.717, 1.165) is 44.2 Å². The van der Waals surface area contributed by atoms with Gasteiger partial charge in [0.05, 0.1) is 0 Å². The zero-order chi connectivity index (χ0) is 16.7. The molecule has 0 spiro atoms. The van der Waals surface area contributed by atoms with Gasteiger partial charge in [-0.3, -0.25) is 4.99 Å². The van der Waals surface area contributed by atoms with E-state index in [1.807, 2.05) is 0 Å². The number of piperidine rings is 1. The topological polar surface area (TPSA) is 39.7 Å². The van der Waals surface area contributed by atoms with Gasteiger partial charge in [-0.1, -0.05) is 6.92 Å². The summed E-state index contributed by atoms with van der Waals surface area (Å²) in [5.41, 5.74) is 0.290. The lowest BCUT2D eigenvalue weighted by Crippen LogP contribution is -2.43. The first-order chi connectivity index (χ1) is 11.1. The highest BCUT2D eigenvalue weighted by atomic mass is 19.1. The fraction of sp³-hybridized carbons (Fsp3) is 0.588. The zero-order valence-corrected chi connectivity index (χ0v) is 13.9. The molecule has 1 unspecified atom stereocenters. The molecule has 1 heterocycles. The molecule has 1 aliphatic rings. The Kier molecular flexibility index (Phi) is 6.77. The maximum Gasteiger partial charge on any atom is 0.191 e. The molecular weight excluding hydrogens is 298 g/mol. The van der Waals surface area contributed by atoms with E-state index >= 15 is 0 Å². The second kappa shape index (κ2) is 8.82. The van der Waals surface area contributed by atoms with Gasteiger partial charge in [0.1, 0.15) is 11.6 Å². The number of rotatable bonds is 5. The van der Waals surface area contributed by atoms with Gasteiger partial charge in [-0.25, -0.2) is 8.78 Å². The molecule has 6 heteroatoms. The number of nitrogens with one attached hydrogen (secondary N) is 2. The molecule has 2 rings (SSSR count). The van der Waals surface area contributed by atoms with Crippen LogP contribution in [-0.2, 0) is 6.54 Å². The van der Waals surface area contributed by atoms with Crippen LogP contribution in [0.3, 0.4) is 0 Å². The lowest BCUT2D eigenvalue weighted by atomic mass is 10.0. The van der Waals surface area contributed by atoms with Crippen molar-refractivity contribution in [1.82, 2.24) is 15.5 Å². The van der Waals surface area contributed by atoms with Gasteiger partial charge < -0.3 is 15.5 Å². The summed E-state index contributed by atoms with van der Waals surface area (Å²) in [6.07, 6.45) is 2.57. The molecule has 0 saturated carbocycles. The monoisotopic (exact) mass is 324 g/mol. The molecule has 23 heavy (non-hydrogen) atoms. The van der Waals surface area contributed by atoms with Crippen molar-refractivity contribution >= 4 is 5.96 Å². The molecule has 0 aliphatic carbocycles. The molecule has 1 fully saturated rings. The zero-order valence-electron chi connectivity index (χ0n) is 13.9. The molecule has 2 N–H and O–H groups in total. The highest BCUT2D eigenvalue weighted by Crippen LogP contribution is 2.14. The molecular formula is C17H26F2N4. The number of guanidine groups is 1. The van der Waals surface area contributed by atoms with Crippen LogP contribution in [0.15, 0.2) is 23.2 Å². The Balaban J connectivity index is 1.74. The molecule has 4 nitrogen and oxygen atoms in total. The predicted octanol–water partition coefficient (Wildman–Crippen LogP) is 2.36. The van der Waals surface area contributed by atoms with Crippen LogP contribution < -0.4 is 10.6 Å². The summed E-state index contributed by atoms with van der Waals surface area (Å²) >= 11 is 0. The van der Waals surface area contributed by atoms with Gasteiger partial charge in [0.25, 0.3) is 0 Å². The minimum absolute atomic E-state index is 0.198. The number of likely N-dealkylation sites (tertiary alicyclic amines) is 1. The van der Waals surface area contributed by atoms with Gasteiger partial charge in [0.2, 0.25) is 0 Å². The fourth-order valence-electron chi connectivity index (χ4n) is 2.90. The van der Waals surface area contributed by atoms with Crippen LogP contribution in [0.4, 0.5) is 8.78 Å². The lowest BCUT2D eigenvalue weighted by molar-refractivity contribution is 0.187. The van der Waals surface area contributed by atoms with Gasteiger partial charge in [-0.05, 0) is 43.5 Å². The van der Waals surface area contributed by atoms with Crippen molar-refractivity contribution in [2.24, 2.45) is 10.9 Å². The summed E-state index contributed by atoms with van der Waals surface area (Å²) in [4.78, 5) is 6.56. The van der Waals surface area contributed by atoms with Gasteiger partial charge in [0, 0.05) is 38.8 Å². The van der Waals surface area contributed by atoms with Crippen LogP contribution in [-0.4, -0.2) is 44.1 Å². The number of nitrogens with zero attached hydrogens (tertiary/aromatic N) is 2. The van der Waals surface area contributed by atoms with Gasteiger partial charge >= 0.3 is 0 Å². The van der Waals surface area contributed by atoms with Crippen molar-refractivity contribution in [3.63, 3.8) is 0 Å². The van der Waals surface area contributed by atoms with E-state index in [1.165, 1.54) is 18.9 Å². The van der Waals surface area contributed by atoms with Crippen molar-refractivity contribution in [3.05, 3.63) is 35.4 Å². The van der Waals surface area contributed by atoms with Gasteiger partial charge in [-0.2, -0.15) is 0 Å². The minimum Gasteiger partial charge on any atom is -0.355 e. The van der Waals surface area contributed by atoms with E-state index < -0.39 is 11.6 Å². The number of benzene rings is 1. The summed E-state index contributed by atoms with van der Waals surface area (Å²) in [5.74, 6) is 0.498. The summed E-state index contributed by atoms with van der Waals surface area (Å²) in [6, 6.07) is 3.45. The number of aliphatic imine (C=N–C) groups is 1. The van der Waals surface area contributed by atoms with E-state index in [9.17, 15) is 8.78 Å². The van der Waals surface area contributed by atoms with E-state index in [0.29, 0.717) is 5.96 Å².